The predicted molar refractivity (Wildman–Crippen MR) is 76.1 cm³/mol. The van der Waals surface area contributed by atoms with Gasteiger partial charge in [-0.15, -0.1) is 0 Å². The van der Waals surface area contributed by atoms with E-state index in [9.17, 15) is 0 Å². The molecule has 18 heavy (non-hydrogen) atoms. The molecule has 0 spiro atoms. The van der Waals surface area contributed by atoms with Gasteiger partial charge in [-0.25, -0.2) is 0 Å². The van der Waals surface area contributed by atoms with E-state index in [1.807, 2.05) is 25.1 Å². The Balaban J connectivity index is 2.24. The van der Waals surface area contributed by atoms with E-state index in [1.165, 1.54) is 0 Å². The van der Waals surface area contributed by atoms with Crippen LogP contribution in [0.1, 0.15) is 22.7 Å². The molecule has 1 atom stereocenters. The highest BCUT2D eigenvalue weighted by atomic mass is 35.5. The van der Waals surface area contributed by atoms with Crippen LogP contribution in [0.15, 0.2) is 36.7 Å². The molecule has 0 aliphatic carbocycles. The zero-order valence-electron chi connectivity index (χ0n) is 10.0. The number of benzene rings is 1. The SMILES string of the molecule is Cc1ccncc1C(N)Cc1cccc(Cl)c1Cl. The average Bonchev–Trinajstić information content (AvgIpc) is 2.35. The van der Waals surface area contributed by atoms with Crippen molar-refractivity contribution in [2.24, 2.45) is 5.73 Å². The fraction of sp³-hybridized carbons (Fsp3) is 0.214. The van der Waals surface area contributed by atoms with E-state index < -0.39 is 0 Å². The lowest BCUT2D eigenvalue weighted by molar-refractivity contribution is 0.712. The lowest BCUT2D eigenvalue weighted by Gasteiger charge is -2.15. The predicted octanol–water partition coefficient (Wildman–Crippen LogP) is 3.94. The monoisotopic (exact) mass is 280 g/mol. The van der Waals surface area contributed by atoms with Crippen LogP contribution < -0.4 is 5.73 Å². The first-order valence-corrected chi connectivity index (χ1v) is 6.44. The zero-order chi connectivity index (χ0) is 13.1. The van der Waals surface area contributed by atoms with Gasteiger partial charge in [0.15, 0.2) is 0 Å². The van der Waals surface area contributed by atoms with Gasteiger partial charge in [-0.05, 0) is 42.2 Å². The zero-order valence-corrected chi connectivity index (χ0v) is 11.5. The maximum Gasteiger partial charge on any atom is 0.0624 e. The summed E-state index contributed by atoms with van der Waals surface area (Å²) in [6, 6.07) is 7.42. The number of pyridine rings is 1. The number of hydrogen-bond donors (Lipinski definition) is 1. The summed E-state index contributed by atoms with van der Waals surface area (Å²) >= 11 is 12.2. The molecule has 2 aromatic rings. The summed E-state index contributed by atoms with van der Waals surface area (Å²) < 4.78 is 0. The lowest BCUT2D eigenvalue weighted by atomic mass is 9.98. The molecule has 0 saturated carbocycles. The number of halogens is 2. The Hall–Kier alpha value is -1.09. The Labute approximate surface area is 117 Å². The van der Waals surface area contributed by atoms with Gasteiger partial charge in [0.2, 0.25) is 0 Å². The first-order chi connectivity index (χ1) is 8.59. The fourth-order valence-corrected chi connectivity index (χ4v) is 2.31. The highest BCUT2D eigenvalue weighted by Gasteiger charge is 2.13. The van der Waals surface area contributed by atoms with Crippen molar-refractivity contribution in [1.29, 1.82) is 0 Å². The van der Waals surface area contributed by atoms with Gasteiger partial charge in [-0.1, -0.05) is 35.3 Å². The molecule has 1 unspecified atom stereocenters. The van der Waals surface area contributed by atoms with Gasteiger partial charge in [0.05, 0.1) is 10.0 Å². The van der Waals surface area contributed by atoms with Crippen molar-refractivity contribution in [3.63, 3.8) is 0 Å². The first-order valence-electron chi connectivity index (χ1n) is 5.68. The van der Waals surface area contributed by atoms with Crippen molar-refractivity contribution in [3.05, 3.63) is 63.4 Å². The van der Waals surface area contributed by atoms with Crippen LogP contribution in [0.3, 0.4) is 0 Å². The molecule has 1 aromatic carbocycles. The molecule has 0 bridgehead atoms. The molecule has 0 saturated heterocycles. The minimum atomic E-state index is -0.130. The Morgan fingerprint density at radius 2 is 2.06 bits per heavy atom. The van der Waals surface area contributed by atoms with Gasteiger partial charge in [-0.3, -0.25) is 4.98 Å². The highest BCUT2D eigenvalue weighted by Crippen LogP contribution is 2.28. The van der Waals surface area contributed by atoms with Crippen LogP contribution in [0.5, 0.6) is 0 Å². The molecule has 0 aliphatic heterocycles. The van der Waals surface area contributed by atoms with Gasteiger partial charge in [-0.2, -0.15) is 0 Å². The molecular formula is C14H14Cl2N2. The molecule has 1 aromatic heterocycles. The first kappa shape index (κ1) is 13.3. The van der Waals surface area contributed by atoms with E-state index in [4.69, 9.17) is 28.9 Å². The summed E-state index contributed by atoms with van der Waals surface area (Å²) in [5, 5.41) is 1.14. The Kier molecular flexibility index (Phi) is 4.23. The second kappa shape index (κ2) is 5.70. The number of aromatic nitrogens is 1. The van der Waals surface area contributed by atoms with Crippen molar-refractivity contribution < 1.29 is 0 Å². The second-order valence-electron chi connectivity index (χ2n) is 4.26. The Bertz CT molecular complexity index is 555. The normalized spacial score (nSPS) is 12.4. The van der Waals surface area contributed by atoms with E-state index in [2.05, 4.69) is 4.98 Å². The maximum absolute atomic E-state index is 6.21. The van der Waals surface area contributed by atoms with Gasteiger partial charge < -0.3 is 5.73 Å². The van der Waals surface area contributed by atoms with E-state index in [0.717, 1.165) is 16.7 Å². The van der Waals surface area contributed by atoms with Gasteiger partial charge in [0, 0.05) is 18.4 Å². The quantitative estimate of drug-likeness (QED) is 0.925. The third-order valence-corrected chi connectivity index (χ3v) is 3.81. The maximum atomic E-state index is 6.21. The summed E-state index contributed by atoms with van der Waals surface area (Å²) in [5.74, 6) is 0. The minimum Gasteiger partial charge on any atom is -0.324 e. The van der Waals surface area contributed by atoms with E-state index in [1.54, 1.807) is 18.5 Å². The Morgan fingerprint density at radius 3 is 2.78 bits per heavy atom. The molecule has 0 aliphatic rings. The van der Waals surface area contributed by atoms with E-state index in [0.29, 0.717) is 16.5 Å². The largest absolute Gasteiger partial charge is 0.324 e. The van der Waals surface area contributed by atoms with Crippen LogP contribution in [0, 0.1) is 6.92 Å². The van der Waals surface area contributed by atoms with Crippen LogP contribution in [0.4, 0.5) is 0 Å². The molecule has 4 heteroatoms. The standard InChI is InChI=1S/C14H14Cl2N2/c1-9-5-6-18-8-11(9)13(17)7-10-3-2-4-12(15)14(10)16/h2-6,8,13H,7,17H2,1H3. The van der Waals surface area contributed by atoms with Crippen molar-refractivity contribution in [3.8, 4) is 0 Å². The van der Waals surface area contributed by atoms with Crippen LogP contribution in [0.25, 0.3) is 0 Å². The van der Waals surface area contributed by atoms with E-state index >= 15 is 0 Å². The van der Waals surface area contributed by atoms with Crippen LogP contribution in [0.2, 0.25) is 10.0 Å². The smallest absolute Gasteiger partial charge is 0.0624 e. The van der Waals surface area contributed by atoms with Crippen LogP contribution in [-0.2, 0) is 6.42 Å². The summed E-state index contributed by atoms with van der Waals surface area (Å²) in [6.45, 7) is 2.02. The number of aryl methyl sites for hydroxylation is 1. The summed E-state index contributed by atoms with van der Waals surface area (Å²) in [5.41, 5.74) is 9.33. The van der Waals surface area contributed by atoms with Gasteiger partial charge in [0.25, 0.3) is 0 Å². The van der Waals surface area contributed by atoms with Gasteiger partial charge >= 0.3 is 0 Å². The number of nitrogens with two attached hydrogens (primary N) is 1. The van der Waals surface area contributed by atoms with Crippen LogP contribution in [-0.4, -0.2) is 4.98 Å². The van der Waals surface area contributed by atoms with Crippen LogP contribution >= 0.6 is 23.2 Å². The molecule has 2 N–H and O–H groups in total. The molecule has 1 heterocycles. The summed E-state index contributed by atoms with van der Waals surface area (Å²) in [7, 11) is 0. The third kappa shape index (κ3) is 2.83. The molecule has 0 fully saturated rings. The Morgan fingerprint density at radius 1 is 1.28 bits per heavy atom. The van der Waals surface area contributed by atoms with E-state index in [-0.39, 0.29) is 6.04 Å². The van der Waals surface area contributed by atoms with Crippen molar-refractivity contribution in [2.45, 2.75) is 19.4 Å². The summed E-state index contributed by atoms with van der Waals surface area (Å²) in [6.07, 6.45) is 4.21. The van der Waals surface area contributed by atoms with Crippen molar-refractivity contribution in [2.75, 3.05) is 0 Å². The second-order valence-corrected chi connectivity index (χ2v) is 5.04. The molecule has 94 valence electrons. The molecule has 0 radical (unpaired) electrons. The molecule has 0 amide bonds. The highest BCUT2D eigenvalue weighted by molar-refractivity contribution is 6.42. The minimum absolute atomic E-state index is 0.130. The van der Waals surface area contributed by atoms with Crippen molar-refractivity contribution in [1.82, 2.24) is 4.98 Å². The number of nitrogens with zero attached hydrogens (tertiary/aromatic N) is 1. The lowest BCUT2D eigenvalue weighted by Crippen LogP contribution is -2.15. The third-order valence-electron chi connectivity index (χ3n) is 2.95. The fourth-order valence-electron chi connectivity index (χ4n) is 1.92. The molecule has 2 nitrogen and oxygen atoms in total. The van der Waals surface area contributed by atoms with Crippen molar-refractivity contribution >= 4 is 23.2 Å². The molecule has 2 rings (SSSR count). The number of hydrogen-bond acceptors (Lipinski definition) is 2. The molecular weight excluding hydrogens is 267 g/mol. The topological polar surface area (TPSA) is 38.9 Å². The van der Waals surface area contributed by atoms with Gasteiger partial charge in [0.1, 0.15) is 0 Å². The average molecular weight is 281 g/mol. The summed E-state index contributed by atoms with van der Waals surface area (Å²) in [4.78, 5) is 4.11. The number of rotatable bonds is 3.